The maximum Gasteiger partial charge on any atom is 0.327 e. The summed E-state index contributed by atoms with van der Waals surface area (Å²) in [6, 6.07) is 0. The Kier molecular flexibility index (Phi) is 4.81. The molecule has 122 valence electrons. The Morgan fingerprint density at radius 1 is 1.41 bits per heavy atom. The van der Waals surface area contributed by atoms with Crippen LogP contribution < -0.4 is 0 Å². The summed E-state index contributed by atoms with van der Waals surface area (Å²) < 4.78 is 31.8. The van der Waals surface area contributed by atoms with E-state index in [9.17, 15) is 18.0 Å². The molecule has 0 amide bonds. The molecule has 1 N–H and O–H groups in total. The number of sulfonamides is 1. The smallest absolute Gasteiger partial charge is 0.327 e. The minimum absolute atomic E-state index is 0.0230. The van der Waals surface area contributed by atoms with E-state index in [0.29, 0.717) is 0 Å². The summed E-state index contributed by atoms with van der Waals surface area (Å²) >= 11 is 0. The molecular formula is C12H17N3O6S. The maximum absolute atomic E-state index is 12.4. The number of esters is 1. The fraction of sp³-hybridized carbons (Fsp3) is 0.583. The highest BCUT2D eigenvalue weighted by molar-refractivity contribution is 7.89. The van der Waals surface area contributed by atoms with Crippen LogP contribution >= 0.6 is 0 Å². The minimum Gasteiger partial charge on any atom is -0.481 e. The van der Waals surface area contributed by atoms with E-state index in [1.807, 2.05) is 0 Å². The van der Waals surface area contributed by atoms with E-state index in [1.165, 1.54) is 28.5 Å². The maximum atomic E-state index is 12.4. The number of carboxylic acid groups (broad SMARTS) is 1. The minimum atomic E-state index is -3.73. The van der Waals surface area contributed by atoms with E-state index in [0.717, 1.165) is 0 Å². The van der Waals surface area contributed by atoms with Crippen LogP contribution in [0.5, 0.6) is 0 Å². The number of aliphatic carboxylic acids is 1. The molecule has 0 aromatic carbocycles. The largest absolute Gasteiger partial charge is 0.481 e. The summed E-state index contributed by atoms with van der Waals surface area (Å²) in [5.74, 6) is -1.94. The van der Waals surface area contributed by atoms with Crippen LogP contribution in [0.4, 0.5) is 0 Å². The number of rotatable bonds is 5. The standard InChI is InChI=1S/C12H17N3O6S/c1-21-11(16)8-14-7-10(6-13-14)22(19,20)15-4-2-9(3-5-15)12(17)18/h6-7,9H,2-5,8H2,1H3,(H,17,18). The summed E-state index contributed by atoms with van der Waals surface area (Å²) in [6.45, 7) is 0.135. The second-order valence-corrected chi connectivity index (χ2v) is 6.90. The Balaban J connectivity index is 2.08. The van der Waals surface area contributed by atoms with Crippen LogP contribution in [-0.2, 0) is 30.9 Å². The third-order valence-corrected chi connectivity index (χ3v) is 5.42. The summed E-state index contributed by atoms with van der Waals surface area (Å²) in [5, 5.41) is 12.8. The molecule has 1 aromatic rings. The van der Waals surface area contributed by atoms with Gasteiger partial charge in [-0.2, -0.15) is 9.40 Å². The number of methoxy groups -OCH3 is 1. The van der Waals surface area contributed by atoms with Crippen molar-refractivity contribution in [3.63, 3.8) is 0 Å². The van der Waals surface area contributed by atoms with Gasteiger partial charge >= 0.3 is 11.9 Å². The lowest BCUT2D eigenvalue weighted by molar-refractivity contribution is -0.143. The predicted molar refractivity (Wildman–Crippen MR) is 73.4 cm³/mol. The normalized spacial score (nSPS) is 17.3. The summed E-state index contributed by atoms with van der Waals surface area (Å²) in [6.07, 6.45) is 2.99. The highest BCUT2D eigenvalue weighted by Crippen LogP contribution is 2.23. The number of aromatic nitrogens is 2. The van der Waals surface area contributed by atoms with Gasteiger partial charge in [0.2, 0.25) is 10.0 Å². The average molecular weight is 331 g/mol. The zero-order valence-electron chi connectivity index (χ0n) is 12.0. The Labute approximate surface area is 127 Å². The fourth-order valence-electron chi connectivity index (χ4n) is 2.25. The Hall–Kier alpha value is -1.94. The monoisotopic (exact) mass is 331 g/mol. The number of hydrogen-bond donors (Lipinski definition) is 1. The number of nitrogens with zero attached hydrogens (tertiary/aromatic N) is 3. The van der Waals surface area contributed by atoms with Gasteiger partial charge in [0.15, 0.2) is 0 Å². The van der Waals surface area contributed by atoms with Crippen molar-refractivity contribution in [2.45, 2.75) is 24.3 Å². The van der Waals surface area contributed by atoms with Crippen molar-refractivity contribution in [3.8, 4) is 0 Å². The van der Waals surface area contributed by atoms with Gasteiger partial charge in [-0.1, -0.05) is 0 Å². The van der Waals surface area contributed by atoms with Crippen molar-refractivity contribution in [3.05, 3.63) is 12.4 Å². The first-order valence-corrected chi connectivity index (χ1v) is 8.11. The number of ether oxygens (including phenoxy) is 1. The highest BCUT2D eigenvalue weighted by Gasteiger charge is 2.32. The molecule has 1 aliphatic rings. The van der Waals surface area contributed by atoms with Crippen molar-refractivity contribution >= 4 is 22.0 Å². The Morgan fingerprint density at radius 2 is 2.05 bits per heavy atom. The van der Waals surface area contributed by atoms with Crippen molar-refractivity contribution in [1.29, 1.82) is 0 Å². The topological polar surface area (TPSA) is 119 Å². The molecule has 0 unspecified atom stereocenters. The number of carbonyl (C=O) groups is 2. The van der Waals surface area contributed by atoms with Crippen LogP contribution in [0.25, 0.3) is 0 Å². The lowest BCUT2D eigenvalue weighted by Crippen LogP contribution is -2.40. The van der Waals surface area contributed by atoms with Gasteiger partial charge in [0.05, 0.1) is 19.2 Å². The second kappa shape index (κ2) is 6.44. The van der Waals surface area contributed by atoms with Gasteiger partial charge in [-0.3, -0.25) is 14.3 Å². The summed E-state index contributed by atoms with van der Waals surface area (Å²) in [7, 11) is -2.50. The van der Waals surface area contributed by atoms with Crippen molar-refractivity contribution in [2.75, 3.05) is 20.2 Å². The van der Waals surface area contributed by atoms with Crippen molar-refractivity contribution in [1.82, 2.24) is 14.1 Å². The van der Waals surface area contributed by atoms with E-state index in [2.05, 4.69) is 9.84 Å². The first kappa shape index (κ1) is 16.4. The van der Waals surface area contributed by atoms with Gasteiger partial charge in [-0.05, 0) is 12.8 Å². The molecule has 9 nitrogen and oxygen atoms in total. The molecule has 2 rings (SSSR count). The lowest BCUT2D eigenvalue weighted by atomic mass is 9.99. The molecule has 0 aliphatic carbocycles. The Bertz CT molecular complexity index is 660. The first-order chi connectivity index (χ1) is 10.3. The van der Waals surface area contributed by atoms with Gasteiger partial charge in [0.25, 0.3) is 0 Å². The van der Waals surface area contributed by atoms with Gasteiger partial charge in [0, 0.05) is 19.3 Å². The molecule has 2 heterocycles. The molecule has 1 fully saturated rings. The molecule has 0 radical (unpaired) electrons. The van der Waals surface area contributed by atoms with Crippen LogP contribution in [0.15, 0.2) is 17.3 Å². The number of carbonyl (C=O) groups excluding carboxylic acids is 1. The molecular weight excluding hydrogens is 314 g/mol. The average Bonchev–Trinajstić information content (AvgIpc) is 2.96. The number of piperidine rings is 1. The summed E-state index contributed by atoms with van der Waals surface area (Å²) in [5.41, 5.74) is 0. The third-order valence-electron chi connectivity index (χ3n) is 3.57. The highest BCUT2D eigenvalue weighted by atomic mass is 32.2. The first-order valence-electron chi connectivity index (χ1n) is 6.67. The fourth-order valence-corrected chi connectivity index (χ4v) is 3.68. The number of hydrogen-bond acceptors (Lipinski definition) is 6. The molecule has 1 aliphatic heterocycles. The van der Waals surface area contributed by atoms with Gasteiger partial charge in [-0.25, -0.2) is 8.42 Å². The molecule has 22 heavy (non-hydrogen) atoms. The molecule has 1 aromatic heterocycles. The van der Waals surface area contributed by atoms with Gasteiger partial charge < -0.3 is 9.84 Å². The van der Waals surface area contributed by atoms with Crippen LogP contribution in [0, 0.1) is 5.92 Å². The second-order valence-electron chi connectivity index (χ2n) is 4.97. The SMILES string of the molecule is COC(=O)Cn1cc(S(=O)(=O)N2CCC(C(=O)O)CC2)cn1. The molecule has 10 heteroatoms. The third kappa shape index (κ3) is 3.45. The van der Waals surface area contributed by atoms with Gasteiger partial charge in [0.1, 0.15) is 11.4 Å². The van der Waals surface area contributed by atoms with Gasteiger partial charge in [-0.15, -0.1) is 0 Å². The lowest BCUT2D eigenvalue weighted by Gasteiger charge is -2.28. The summed E-state index contributed by atoms with van der Waals surface area (Å²) in [4.78, 5) is 22.0. The number of carboxylic acids is 1. The molecule has 0 bridgehead atoms. The van der Waals surface area contributed by atoms with Crippen molar-refractivity contribution in [2.24, 2.45) is 5.92 Å². The Morgan fingerprint density at radius 3 is 2.59 bits per heavy atom. The molecule has 0 atom stereocenters. The zero-order valence-corrected chi connectivity index (χ0v) is 12.8. The molecule has 0 spiro atoms. The van der Waals surface area contributed by atoms with Crippen LogP contribution in [-0.4, -0.2) is 59.7 Å². The van der Waals surface area contributed by atoms with Crippen LogP contribution in [0.3, 0.4) is 0 Å². The zero-order chi connectivity index (χ0) is 16.3. The van der Waals surface area contributed by atoms with Crippen LogP contribution in [0.1, 0.15) is 12.8 Å². The van der Waals surface area contributed by atoms with Crippen molar-refractivity contribution < 1.29 is 27.9 Å². The van der Waals surface area contributed by atoms with E-state index in [1.54, 1.807) is 0 Å². The van der Waals surface area contributed by atoms with E-state index >= 15 is 0 Å². The predicted octanol–water partition coefficient (Wildman–Crippen LogP) is -0.459. The van der Waals surface area contributed by atoms with E-state index < -0.39 is 27.9 Å². The van der Waals surface area contributed by atoms with E-state index in [-0.39, 0.29) is 37.4 Å². The van der Waals surface area contributed by atoms with Crippen LogP contribution in [0.2, 0.25) is 0 Å². The quantitative estimate of drug-likeness (QED) is 0.725. The molecule has 1 saturated heterocycles. The molecule has 0 saturated carbocycles. The van der Waals surface area contributed by atoms with E-state index in [4.69, 9.17) is 5.11 Å².